The number of amides is 1. The first-order chi connectivity index (χ1) is 9.90. The molecule has 7 heteroatoms. The summed E-state index contributed by atoms with van der Waals surface area (Å²) in [6.45, 7) is 4.99. The molecule has 1 amide bonds. The summed E-state index contributed by atoms with van der Waals surface area (Å²) >= 11 is 0. The number of halogens is 3. The van der Waals surface area contributed by atoms with Crippen LogP contribution < -0.4 is 5.32 Å². The summed E-state index contributed by atoms with van der Waals surface area (Å²) in [5.74, 6) is -0.113. The number of likely N-dealkylation sites (tertiary alicyclic amines) is 1. The lowest BCUT2D eigenvalue weighted by Crippen LogP contribution is -2.34. The SMILES string of the molecule is C=CC(=O)N1CC[C@H](NCc2cccc(C(F)(F)F)c2)C1.S. The number of carbonyl (C=O) groups excluding carboxylic acids is 1. The van der Waals surface area contributed by atoms with E-state index in [-0.39, 0.29) is 25.4 Å². The van der Waals surface area contributed by atoms with Crippen molar-refractivity contribution < 1.29 is 18.0 Å². The first-order valence-electron chi connectivity index (χ1n) is 6.71. The van der Waals surface area contributed by atoms with Gasteiger partial charge in [-0.25, -0.2) is 0 Å². The van der Waals surface area contributed by atoms with Crippen molar-refractivity contribution in [3.63, 3.8) is 0 Å². The molecule has 0 spiro atoms. The summed E-state index contributed by atoms with van der Waals surface area (Å²) < 4.78 is 37.8. The molecular formula is C15H19F3N2OS. The molecule has 2 rings (SSSR count). The quantitative estimate of drug-likeness (QED) is 0.860. The van der Waals surface area contributed by atoms with Crippen LogP contribution in [0.1, 0.15) is 17.5 Å². The van der Waals surface area contributed by atoms with Crippen molar-refractivity contribution in [1.82, 2.24) is 10.2 Å². The first-order valence-corrected chi connectivity index (χ1v) is 6.71. The number of benzene rings is 1. The minimum Gasteiger partial charge on any atom is -0.338 e. The van der Waals surface area contributed by atoms with E-state index in [1.54, 1.807) is 11.0 Å². The van der Waals surface area contributed by atoms with Gasteiger partial charge in [-0.15, -0.1) is 0 Å². The Hall–Kier alpha value is -1.47. The lowest BCUT2D eigenvalue weighted by Gasteiger charge is -2.15. The van der Waals surface area contributed by atoms with Gasteiger partial charge in [-0.05, 0) is 24.1 Å². The van der Waals surface area contributed by atoms with E-state index in [0.717, 1.165) is 18.6 Å². The molecule has 1 atom stereocenters. The predicted octanol–water partition coefficient (Wildman–Crippen LogP) is 2.69. The van der Waals surface area contributed by atoms with Crippen LogP contribution in [-0.2, 0) is 17.5 Å². The van der Waals surface area contributed by atoms with Crippen LogP contribution in [0.4, 0.5) is 13.2 Å². The van der Waals surface area contributed by atoms with Crippen LogP contribution in [0.15, 0.2) is 36.9 Å². The third-order valence-electron chi connectivity index (χ3n) is 3.52. The largest absolute Gasteiger partial charge is 0.416 e. The minimum atomic E-state index is -4.32. The molecule has 0 saturated carbocycles. The van der Waals surface area contributed by atoms with E-state index in [2.05, 4.69) is 11.9 Å². The van der Waals surface area contributed by atoms with Gasteiger partial charge in [0.1, 0.15) is 0 Å². The summed E-state index contributed by atoms with van der Waals surface area (Å²) in [4.78, 5) is 13.1. The van der Waals surface area contributed by atoms with Gasteiger partial charge in [0, 0.05) is 25.7 Å². The number of hydrogen-bond acceptors (Lipinski definition) is 2. The minimum absolute atomic E-state index is 0. The highest BCUT2D eigenvalue weighted by molar-refractivity contribution is 7.59. The Morgan fingerprint density at radius 2 is 2.18 bits per heavy atom. The Balaban J connectivity index is 0.00000242. The van der Waals surface area contributed by atoms with Gasteiger partial charge in [-0.1, -0.05) is 24.8 Å². The Morgan fingerprint density at radius 1 is 1.45 bits per heavy atom. The van der Waals surface area contributed by atoms with Crippen molar-refractivity contribution in [3.05, 3.63) is 48.0 Å². The topological polar surface area (TPSA) is 32.3 Å². The van der Waals surface area contributed by atoms with E-state index in [1.165, 1.54) is 12.1 Å². The zero-order valence-electron chi connectivity index (χ0n) is 12.0. The Labute approximate surface area is 134 Å². The predicted molar refractivity (Wildman–Crippen MR) is 83.8 cm³/mol. The monoisotopic (exact) mass is 332 g/mol. The number of nitrogens with one attached hydrogen (secondary N) is 1. The Bertz CT molecular complexity index is 534. The second-order valence-corrected chi connectivity index (χ2v) is 5.05. The van der Waals surface area contributed by atoms with Gasteiger partial charge < -0.3 is 10.2 Å². The van der Waals surface area contributed by atoms with E-state index in [1.807, 2.05) is 0 Å². The molecule has 1 heterocycles. The fourth-order valence-electron chi connectivity index (χ4n) is 2.38. The maximum absolute atomic E-state index is 12.6. The van der Waals surface area contributed by atoms with E-state index in [0.29, 0.717) is 25.2 Å². The van der Waals surface area contributed by atoms with Crippen LogP contribution >= 0.6 is 13.5 Å². The Morgan fingerprint density at radius 3 is 2.82 bits per heavy atom. The maximum atomic E-state index is 12.6. The van der Waals surface area contributed by atoms with E-state index < -0.39 is 11.7 Å². The van der Waals surface area contributed by atoms with Crippen LogP contribution in [0.25, 0.3) is 0 Å². The van der Waals surface area contributed by atoms with Crippen molar-refractivity contribution in [2.45, 2.75) is 25.2 Å². The normalized spacial score (nSPS) is 18.0. The number of rotatable bonds is 4. The van der Waals surface area contributed by atoms with Crippen molar-refractivity contribution in [1.29, 1.82) is 0 Å². The molecule has 1 aromatic carbocycles. The van der Waals surface area contributed by atoms with Crippen LogP contribution in [0.3, 0.4) is 0 Å². The highest BCUT2D eigenvalue weighted by Gasteiger charge is 2.30. The molecule has 122 valence electrons. The second kappa shape index (κ2) is 7.69. The highest BCUT2D eigenvalue weighted by Crippen LogP contribution is 2.29. The fraction of sp³-hybridized carbons (Fsp3) is 0.400. The van der Waals surface area contributed by atoms with Crippen molar-refractivity contribution in [2.24, 2.45) is 0 Å². The molecule has 1 N–H and O–H groups in total. The van der Waals surface area contributed by atoms with Gasteiger partial charge in [-0.2, -0.15) is 26.7 Å². The fourth-order valence-corrected chi connectivity index (χ4v) is 2.38. The number of hydrogen-bond donors (Lipinski definition) is 1. The van der Waals surface area contributed by atoms with Crippen LogP contribution in [-0.4, -0.2) is 29.9 Å². The third-order valence-corrected chi connectivity index (χ3v) is 3.52. The zero-order chi connectivity index (χ0) is 15.5. The van der Waals surface area contributed by atoms with E-state index in [4.69, 9.17) is 0 Å². The van der Waals surface area contributed by atoms with Crippen molar-refractivity contribution in [2.75, 3.05) is 13.1 Å². The van der Waals surface area contributed by atoms with E-state index >= 15 is 0 Å². The molecule has 1 aliphatic rings. The number of alkyl halides is 3. The molecule has 0 aromatic heterocycles. The van der Waals surface area contributed by atoms with Gasteiger partial charge in [0.15, 0.2) is 0 Å². The Kier molecular flexibility index (Phi) is 6.49. The highest BCUT2D eigenvalue weighted by atomic mass is 32.1. The van der Waals surface area contributed by atoms with Crippen LogP contribution in [0, 0.1) is 0 Å². The summed E-state index contributed by atoms with van der Waals surface area (Å²) in [6.07, 6.45) is -2.26. The van der Waals surface area contributed by atoms with Gasteiger partial charge in [0.05, 0.1) is 5.56 Å². The number of carbonyl (C=O) groups is 1. The molecule has 1 aliphatic heterocycles. The zero-order valence-corrected chi connectivity index (χ0v) is 13.0. The standard InChI is InChI=1S/C15H17F3N2O.H2S/c1-2-14(21)20-7-6-13(10-20)19-9-11-4-3-5-12(8-11)15(16,17)18;/h2-5,8,13,19H,1,6-7,9-10H2;1H2/t13-;/m0./s1. The smallest absolute Gasteiger partial charge is 0.338 e. The van der Waals surface area contributed by atoms with Crippen molar-refractivity contribution >= 4 is 19.4 Å². The van der Waals surface area contributed by atoms with Gasteiger partial charge >= 0.3 is 6.18 Å². The van der Waals surface area contributed by atoms with Crippen LogP contribution in [0.5, 0.6) is 0 Å². The second-order valence-electron chi connectivity index (χ2n) is 5.05. The third kappa shape index (κ3) is 4.78. The molecule has 3 nitrogen and oxygen atoms in total. The summed E-state index contributed by atoms with van der Waals surface area (Å²) in [7, 11) is 0. The van der Waals surface area contributed by atoms with Gasteiger partial charge in [0.2, 0.25) is 5.91 Å². The molecule has 0 aliphatic carbocycles. The molecular weight excluding hydrogens is 313 g/mol. The molecule has 1 aromatic rings. The maximum Gasteiger partial charge on any atom is 0.416 e. The number of nitrogens with zero attached hydrogens (tertiary/aromatic N) is 1. The molecule has 0 bridgehead atoms. The van der Waals surface area contributed by atoms with Crippen molar-refractivity contribution in [3.8, 4) is 0 Å². The summed E-state index contributed by atoms with van der Waals surface area (Å²) in [5.41, 5.74) is -0.0602. The van der Waals surface area contributed by atoms with Crippen LogP contribution in [0.2, 0.25) is 0 Å². The van der Waals surface area contributed by atoms with Gasteiger partial charge in [0.25, 0.3) is 0 Å². The molecule has 1 saturated heterocycles. The molecule has 0 unspecified atom stereocenters. The summed E-state index contributed by atoms with van der Waals surface area (Å²) in [5, 5.41) is 3.19. The average molecular weight is 332 g/mol. The molecule has 1 fully saturated rings. The van der Waals surface area contributed by atoms with Gasteiger partial charge in [-0.3, -0.25) is 4.79 Å². The van der Waals surface area contributed by atoms with E-state index in [9.17, 15) is 18.0 Å². The molecule has 22 heavy (non-hydrogen) atoms. The lowest BCUT2D eigenvalue weighted by molar-refractivity contribution is -0.137. The lowest BCUT2D eigenvalue weighted by atomic mass is 10.1. The average Bonchev–Trinajstić information content (AvgIpc) is 2.92. The molecule has 0 radical (unpaired) electrons. The summed E-state index contributed by atoms with van der Waals surface area (Å²) in [6, 6.07) is 5.37. The first kappa shape index (κ1) is 18.6.